The van der Waals surface area contributed by atoms with Gasteiger partial charge >= 0.3 is 0 Å². The highest BCUT2D eigenvalue weighted by atomic mass is 19.1. The van der Waals surface area contributed by atoms with E-state index in [-0.39, 0.29) is 24.1 Å². The second kappa shape index (κ2) is 8.06. The highest BCUT2D eigenvalue weighted by Gasteiger charge is 2.33. The lowest BCUT2D eigenvalue weighted by Crippen LogP contribution is -2.27. The SMILES string of the molecule is Cn1cc2c(-c3cc(F)c(CN4Cc5ccn(CC6CCCO6)c5C4=O)c(F)c3)cccc2n1. The van der Waals surface area contributed by atoms with Gasteiger partial charge in [-0.1, -0.05) is 12.1 Å². The van der Waals surface area contributed by atoms with Crippen molar-refractivity contribution in [2.24, 2.45) is 7.05 Å². The van der Waals surface area contributed by atoms with Gasteiger partial charge in [0.25, 0.3) is 5.91 Å². The van der Waals surface area contributed by atoms with Crippen molar-refractivity contribution >= 4 is 16.8 Å². The van der Waals surface area contributed by atoms with Crippen LogP contribution < -0.4 is 0 Å². The molecule has 34 heavy (non-hydrogen) atoms. The van der Waals surface area contributed by atoms with Crippen molar-refractivity contribution in [2.75, 3.05) is 6.61 Å². The van der Waals surface area contributed by atoms with Crippen molar-refractivity contribution in [2.45, 2.75) is 38.6 Å². The predicted octanol–water partition coefficient (Wildman–Crippen LogP) is 4.66. The predicted molar refractivity (Wildman–Crippen MR) is 123 cm³/mol. The van der Waals surface area contributed by atoms with Crippen molar-refractivity contribution in [3.8, 4) is 11.1 Å². The van der Waals surface area contributed by atoms with Gasteiger partial charge < -0.3 is 14.2 Å². The number of amides is 1. The average molecular weight is 463 g/mol. The molecular formula is C26H24F2N4O2. The number of carbonyl (C=O) groups excluding carboxylic acids is 1. The van der Waals surface area contributed by atoms with Crippen LogP contribution in [-0.4, -0.2) is 37.9 Å². The van der Waals surface area contributed by atoms with Crippen LogP contribution in [0.1, 0.15) is 34.5 Å². The summed E-state index contributed by atoms with van der Waals surface area (Å²) in [6.07, 6.45) is 5.83. The average Bonchev–Trinajstić information content (AvgIpc) is 3.58. The summed E-state index contributed by atoms with van der Waals surface area (Å²) in [4.78, 5) is 14.6. The standard InChI is InChI=1S/C26H24F2N4O2/c1-30-14-20-19(5-2-6-24(20)29-30)17-10-22(27)21(23(28)11-17)15-32-12-16-7-8-31(25(16)26(32)33)13-18-4-3-9-34-18/h2,5-8,10-11,14,18H,3-4,9,12-13,15H2,1H3. The Bertz CT molecular complexity index is 1390. The summed E-state index contributed by atoms with van der Waals surface area (Å²) < 4.78 is 39.6. The van der Waals surface area contributed by atoms with Crippen LogP contribution in [0.5, 0.6) is 0 Å². The quantitative estimate of drug-likeness (QED) is 0.434. The van der Waals surface area contributed by atoms with Gasteiger partial charge in [-0.25, -0.2) is 8.78 Å². The van der Waals surface area contributed by atoms with E-state index < -0.39 is 11.6 Å². The van der Waals surface area contributed by atoms with Crippen LogP contribution >= 0.6 is 0 Å². The number of carbonyl (C=O) groups is 1. The van der Waals surface area contributed by atoms with Gasteiger partial charge in [0.2, 0.25) is 0 Å². The van der Waals surface area contributed by atoms with Crippen molar-refractivity contribution < 1.29 is 18.3 Å². The smallest absolute Gasteiger partial charge is 0.271 e. The fraction of sp³-hybridized carbons (Fsp3) is 0.308. The Hall–Kier alpha value is -3.52. The van der Waals surface area contributed by atoms with E-state index in [2.05, 4.69) is 5.10 Å². The second-order valence-electron chi connectivity index (χ2n) is 9.10. The summed E-state index contributed by atoms with van der Waals surface area (Å²) in [5, 5.41) is 5.19. The first kappa shape index (κ1) is 21.0. The summed E-state index contributed by atoms with van der Waals surface area (Å²) in [5.41, 5.74) is 3.28. The maximum absolute atomic E-state index is 15.2. The molecule has 6 rings (SSSR count). The van der Waals surface area contributed by atoms with Crippen LogP contribution in [0.4, 0.5) is 8.78 Å². The molecule has 0 radical (unpaired) electrons. The van der Waals surface area contributed by atoms with Gasteiger partial charge in [-0.15, -0.1) is 0 Å². The van der Waals surface area contributed by atoms with Gasteiger partial charge in [0.15, 0.2) is 0 Å². The molecule has 1 amide bonds. The molecule has 8 heteroatoms. The van der Waals surface area contributed by atoms with Crippen molar-refractivity contribution in [1.82, 2.24) is 19.2 Å². The summed E-state index contributed by atoms with van der Waals surface area (Å²) in [5.74, 6) is -1.54. The van der Waals surface area contributed by atoms with Crippen LogP contribution in [0.2, 0.25) is 0 Å². The molecular weight excluding hydrogens is 438 g/mol. The fourth-order valence-electron chi connectivity index (χ4n) is 5.13. The van der Waals surface area contributed by atoms with E-state index in [4.69, 9.17) is 4.74 Å². The molecule has 174 valence electrons. The third kappa shape index (κ3) is 3.49. The number of benzene rings is 2. The molecule has 1 saturated heterocycles. The minimum Gasteiger partial charge on any atom is -0.376 e. The lowest BCUT2D eigenvalue weighted by molar-refractivity contribution is 0.0740. The maximum Gasteiger partial charge on any atom is 0.271 e. The highest BCUT2D eigenvalue weighted by molar-refractivity contribution is 5.97. The Morgan fingerprint density at radius 2 is 2.00 bits per heavy atom. The Kier molecular flexibility index (Phi) is 4.99. The largest absolute Gasteiger partial charge is 0.376 e. The minimum atomic E-state index is -0.664. The number of hydrogen-bond donors (Lipinski definition) is 0. The number of halogens is 2. The van der Waals surface area contributed by atoms with E-state index in [0.717, 1.165) is 35.9 Å². The second-order valence-corrected chi connectivity index (χ2v) is 9.10. The van der Waals surface area contributed by atoms with Crippen LogP contribution in [0.25, 0.3) is 22.0 Å². The summed E-state index contributed by atoms with van der Waals surface area (Å²) in [6, 6.07) is 10.1. The van der Waals surface area contributed by atoms with E-state index in [0.29, 0.717) is 29.9 Å². The van der Waals surface area contributed by atoms with Crippen LogP contribution in [0, 0.1) is 11.6 Å². The van der Waals surface area contributed by atoms with E-state index in [1.54, 1.807) is 4.68 Å². The number of aromatic nitrogens is 3. The van der Waals surface area contributed by atoms with Gasteiger partial charge in [0.05, 0.1) is 18.2 Å². The lowest BCUT2D eigenvalue weighted by atomic mass is 9.99. The first-order chi connectivity index (χ1) is 16.5. The normalized spacial score (nSPS) is 17.8. The Morgan fingerprint density at radius 3 is 2.76 bits per heavy atom. The summed E-state index contributed by atoms with van der Waals surface area (Å²) in [6.45, 7) is 1.58. The molecule has 2 aromatic heterocycles. The van der Waals surface area contributed by atoms with Crippen molar-refractivity contribution in [1.29, 1.82) is 0 Å². The Labute approximate surface area is 195 Å². The third-order valence-corrected chi connectivity index (χ3v) is 6.79. The molecule has 6 nitrogen and oxygen atoms in total. The highest BCUT2D eigenvalue weighted by Crippen LogP contribution is 2.32. The Morgan fingerprint density at radius 1 is 1.18 bits per heavy atom. The minimum absolute atomic E-state index is 0.102. The van der Waals surface area contributed by atoms with Gasteiger partial charge in [0.1, 0.15) is 17.3 Å². The first-order valence-corrected chi connectivity index (χ1v) is 11.5. The van der Waals surface area contributed by atoms with Crippen LogP contribution in [0.15, 0.2) is 48.8 Å². The summed E-state index contributed by atoms with van der Waals surface area (Å²) in [7, 11) is 1.81. The van der Waals surface area contributed by atoms with Gasteiger partial charge in [-0.2, -0.15) is 5.10 Å². The lowest BCUT2D eigenvalue weighted by Gasteiger charge is -2.19. The third-order valence-electron chi connectivity index (χ3n) is 6.79. The maximum atomic E-state index is 15.2. The molecule has 2 aliphatic heterocycles. The first-order valence-electron chi connectivity index (χ1n) is 11.5. The van der Waals surface area contributed by atoms with Gasteiger partial charge in [-0.3, -0.25) is 9.48 Å². The summed E-state index contributed by atoms with van der Waals surface area (Å²) >= 11 is 0. The molecule has 1 unspecified atom stereocenters. The van der Waals surface area contributed by atoms with Gasteiger partial charge in [0, 0.05) is 55.7 Å². The van der Waals surface area contributed by atoms with Crippen LogP contribution in [-0.2, 0) is 31.4 Å². The molecule has 4 heterocycles. The van der Waals surface area contributed by atoms with Crippen LogP contribution in [0.3, 0.4) is 0 Å². The fourth-order valence-corrected chi connectivity index (χ4v) is 5.13. The number of aryl methyl sites for hydroxylation is 1. The molecule has 1 atom stereocenters. The number of ether oxygens (including phenoxy) is 1. The molecule has 0 bridgehead atoms. The van der Waals surface area contributed by atoms with Crippen molar-refractivity contribution in [3.63, 3.8) is 0 Å². The molecule has 0 aliphatic carbocycles. The van der Waals surface area contributed by atoms with E-state index in [1.165, 1.54) is 17.0 Å². The number of nitrogens with zero attached hydrogens (tertiary/aromatic N) is 4. The van der Waals surface area contributed by atoms with E-state index in [9.17, 15) is 4.79 Å². The zero-order chi connectivity index (χ0) is 23.4. The van der Waals surface area contributed by atoms with Crippen molar-refractivity contribution in [3.05, 3.63) is 77.2 Å². The molecule has 0 spiro atoms. The topological polar surface area (TPSA) is 52.3 Å². The molecule has 0 saturated carbocycles. The Balaban J connectivity index is 1.26. The number of rotatable bonds is 5. The zero-order valence-electron chi connectivity index (χ0n) is 18.8. The van der Waals surface area contributed by atoms with E-state index >= 15 is 8.78 Å². The molecule has 2 aliphatic rings. The molecule has 4 aromatic rings. The molecule has 1 fully saturated rings. The molecule has 2 aromatic carbocycles. The van der Waals surface area contributed by atoms with E-state index in [1.807, 2.05) is 48.3 Å². The number of fused-ring (bicyclic) bond motifs is 2. The van der Waals surface area contributed by atoms with Gasteiger partial charge in [-0.05, 0) is 48.2 Å². The number of hydrogen-bond acceptors (Lipinski definition) is 3. The molecule has 0 N–H and O–H groups in total. The monoisotopic (exact) mass is 462 g/mol. The zero-order valence-corrected chi connectivity index (χ0v) is 18.8.